The molecule has 0 saturated heterocycles. The third-order valence-corrected chi connectivity index (χ3v) is 0. The van der Waals surface area contributed by atoms with Gasteiger partial charge in [-0.3, -0.25) is 0 Å². The third kappa shape index (κ3) is 9.41. The fourth-order valence-corrected chi connectivity index (χ4v) is 0. The Morgan fingerprint density at radius 1 is 1.75 bits per heavy atom. The van der Waals surface area contributed by atoms with E-state index in [0.717, 1.165) is 12.4 Å². The van der Waals surface area contributed by atoms with E-state index in [9.17, 15) is 0 Å². The molecule has 0 heterocycles. The minimum absolute atomic E-state index is 0. The fraction of sp³-hybridized carbons (Fsp3) is 0. The van der Waals surface area contributed by atoms with Crippen LogP contribution in [-0.4, -0.2) is 0 Å². The van der Waals surface area contributed by atoms with Crippen LogP contribution < -0.4 is 0 Å². The summed E-state index contributed by atoms with van der Waals surface area (Å²) < 4.78 is 0. The van der Waals surface area contributed by atoms with Crippen molar-refractivity contribution >= 4 is 18.7 Å². The Hall–Kier alpha value is 1.65. The summed E-state index contributed by atoms with van der Waals surface area (Å²) in [6.45, 7) is 0. The molecule has 0 amide bonds. The van der Waals surface area contributed by atoms with E-state index in [-0.39, 0.29) is 16.8 Å². The van der Waals surface area contributed by atoms with Crippen molar-refractivity contribution in [2.24, 2.45) is 0 Å². The van der Waals surface area contributed by atoms with Gasteiger partial charge in [-0.05, 0) is 0 Å². The van der Waals surface area contributed by atoms with Gasteiger partial charge in [-0.25, -0.2) is 0 Å². The minimum atomic E-state index is 0. The molecule has 4 heteroatoms. The van der Waals surface area contributed by atoms with Crippen molar-refractivity contribution in [3.8, 4) is 0 Å². The Kier molecular flexibility index (Phi) is 20.2. The van der Waals surface area contributed by atoms with Gasteiger partial charge in [0.25, 0.3) is 0 Å². The van der Waals surface area contributed by atoms with Crippen LogP contribution in [0.4, 0.5) is 0 Å². The van der Waals surface area contributed by atoms with Crippen LogP contribution in [0.5, 0.6) is 0 Å². The molecule has 1 radical (unpaired) electrons. The van der Waals surface area contributed by atoms with E-state index >= 15 is 0 Å². The second kappa shape index (κ2) is 8.82. The molecular formula is H2CoNiPS. The summed E-state index contributed by atoms with van der Waals surface area (Å²) in [5.41, 5.74) is 0. The van der Waals surface area contributed by atoms with E-state index in [4.69, 9.17) is 0 Å². The Balaban J connectivity index is 0. The molecule has 0 aliphatic heterocycles. The topological polar surface area (TPSA) is 0 Å². The Morgan fingerprint density at radius 2 is 1.75 bits per heavy atom. The van der Waals surface area contributed by atoms with E-state index in [2.05, 4.69) is 18.7 Å². The van der Waals surface area contributed by atoms with Crippen LogP contribution in [0.25, 0.3) is 0 Å². The molecule has 0 aliphatic carbocycles. The Bertz CT molecular complexity index is 15.5. The summed E-state index contributed by atoms with van der Waals surface area (Å²) in [5.74, 6) is 0. The van der Waals surface area contributed by atoms with E-state index in [1.165, 1.54) is 0 Å². The van der Waals surface area contributed by atoms with Crippen LogP contribution in [0.3, 0.4) is 0 Å². The van der Waals surface area contributed by atoms with Gasteiger partial charge in [0.1, 0.15) is 0 Å². The zero-order valence-corrected chi connectivity index (χ0v) is 5.64. The monoisotopic (exact) mass is 182 g/mol. The van der Waals surface area contributed by atoms with Crippen LogP contribution in [0.2, 0.25) is 0 Å². The average molecular weight is 183 g/mol. The zero-order valence-electron chi connectivity index (χ0n) is 1.64. The molecule has 1 atom stereocenters. The number of hydrogen-bond donors (Lipinski definition) is 0. The normalized spacial score (nSPS) is 5.25. The standard InChI is InChI=1S/Co.Ni.H2P.S/h;;1H2;/q;+1;-1;. The Labute approximate surface area is 47.9 Å². The van der Waals surface area contributed by atoms with Gasteiger partial charge in [-0.2, -0.15) is 0 Å². The van der Waals surface area contributed by atoms with Crippen molar-refractivity contribution < 1.29 is 29.2 Å². The van der Waals surface area contributed by atoms with Gasteiger partial charge in [0.2, 0.25) is 0 Å². The quantitative estimate of drug-likeness (QED) is 0.398. The molecule has 0 N–H and O–H groups in total. The van der Waals surface area contributed by atoms with Crippen molar-refractivity contribution in [1.82, 2.24) is 0 Å². The SMILES string of the molecule is [Co].[PH2][Ni]=[S]. The summed E-state index contributed by atoms with van der Waals surface area (Å²) in [7, 11) is 6.62. The van der Waals surface area contributed by atoms with E-state index in [1.807, 2.05) is 0 Å². The maximum atomic E-state index is 4.29. The molecule has 0 saturated carbocycles. The van der Waals surface area contributed by atoms with Gasteiger partial charge in [0.05, 0.1) is 0 Å². The predicted molar refractivity (Wildman–Crippen MR) is 17.3 cm³/mol. The van der Waals surface area contributed by atoms with Crippen molar-refractivity contribution in [2.75, 3.05) is 0 Å². The first-order valence-electron chi connectivity index (χ1n) is 0.312. The molecule has 4 heavy (non-hydrogen) atoms. The second-order valence-corrected chi connectivity index (χ2v) is 2.77. The first-order chi connectivity index (χ1) is 1.41. The third-order valence-electron chi connectivity index (χ3n) is 0. The van der Waals surface area contributed by atoms with E-state index in [0.29, 0.717) is 0 Å². The number of hydrogen-bond acceptors (Lipinski definition) is 1. The van der Waals surface area contributed by atoms with Gasteiger partial charge in [0, 0.05) is 16.8 Å². The number of rotatable bonds is 0. The molecular weight excluding hydrogens is 181 g/mol. The summed E-state index contributed by atoms with van der Waals surface area (Å²) >= 11 is 1.12. The predicted octanol–water partition coefficient (Wildman–Crippen LogP) is 0.969. The molecule has 0 spiro atoms. The van der Waals surface area contributed by atoms with Crippen LogP contribution in [0.1, 0.15) is 0 Å². The molecule has 0 fully saturated rings. The summed E-state index contributed by atoms with van der Waals surface area (Å²) in [6, 6.07) is 0. The van der Waals surface area contributed by atoms with Gasteiger partial charge in [-0.15, -0.1) is 0 Å². The van der Waals surface area contributed by atoms with Crippen molar-refractivity contribution in [1.29, 1.82) is 0 Å². The summed E-state index contributed by atoms with van der Waals surface area (Å²) in [6.07, 6.45) is 0. The second-order valence-electron chi connectivity index (χ2n) is 0.0745. The summed E-state index contributed by atoms with van der Waals surface area (Å²) in [4.78, 5) is 0. The molecule has 0 aromatic rings. The van der Waals surface area contributed by atoms with Gasteiger partial charge in [0.15, 0.2) is 0 Å². The first-order valence-corrected chi connectivity index (χ1v) is 3.86. The van der Waals surface area contributed by atoms with Gasteiger partial charge < -0.3 is 0 Å². The molecule has 0 nitrogen and oxygen atoms in total. The zero-order chi connectivity index (χ0) is 2.71. The van der Waals surface area contributed by atoms with Gasteiger partial charge in [-0.1, -0.05) is 0 Å². The molecule has 0 bridgehead atoms. The first kappa shape index (κ1) is 9.17. The van der Waals surface area contributed by atoms with E-state index in [1.54, 1.807) is 0 Å². The van der Waals surface area contributed by atoms with Crippen LogP contribution in [-0.2, 0) is 29.2 Å². The van der Waals surface area contributed by atoms with Gasteiger partial charge >= 0.3 is 31.1 Å². The molecule has 0 aliphatic rings. The molecule has 0 rings (SSSR count). The molecule has 0 aromatic carbocycles. The molecule has 0 aromatic heterocycles. The Morgan fingerprint density at radius 3 is 1.75 bits per heavy atom. The fourth-order valence-electron chi connectivity index (χ4n) is 0. The van der Waals surface area contributed by atoms with E-state index < -0.39 is 0 Å². The summed E-state index contributed by atoms with van der Waals surface area (Å²) in [5, 5.41) is 0. The average Bonchev–Trinajstić information content (AvgIpc) is 0.918. The van der Waals surface area contributed by atoms with Crippen LogP contribution >= 0.6 is 18.7 Å². The van der Waals surface area contributed by atoms with Crippen molar-refractivity contribution in [3.63, 3.8) is 0 Å². The van der Waals surface area contributed by atoms with Crippen LogP contribution in [0.15, 0.2) is 0 Å². The van der Waals surface area contributed by atoms with Crippen LogP contribution in [0, 0.1) is 0 Å². The molecule has 32 valence electrons. The van der Waals surface area contributed by atoms with Crippen molar-refractivity contribution in [3.05, 3.63) is 0 Å². The maximum absolute atomic E-state index is 4.29. The van der Waals surface area contributed by atoms with Crippen molar-refractivity contribution in [2.45, 2.75) is 0 Å². The molecule has 1 unspecified atom stereocenters.